The van der Waals surface area contributed by atoms with Crippen molar-refractivity contribution < 1.29 is 14.3 Å². The molecular formula is C11H19N3O3. The summed E-state index contributed by atoms with van der Waals surface area (Å²) in [6.45, 7) is 2.22. The highest BCUT2D eigenvalue weighted by Gasteiger charge is 2.34. The fourth-order valence-corrected chi connectivity index (χ4v) is 2.42. The molecular weight excluding hydrogens is 222 g/mol. The number of amides is 2. The molecule has 2 saturated heterocycles. The highest BCUT2D eigenvalue weighted by molar-refractivity contribution is 5.86. The normalized spacial score (nSPS) is 28.2. The average Bonchev–Trinajstić information content (AvgIpc) is 2.96. The molecule has 0 aromatic heterocycles. The Labute approximate surface area is 100 Å². The highest BCUT2D eigenvalue weighted by atomic mass is 16.5. The average molecular weight is 241 g/mol. The minimum atomic E-state index is -0.469. The van der Waals surface area contributed by atoms with Crippen LogP contribution in [0.25, 0.3) is 0 Å². The number of nitrogens with zero attached hydrogens (tertiary/aromatic N) is 1. The number of ether oxygens (including phenoxy) is 1. The summed E-state index contributed by atoms with van der Waals surface area (Å²) in [6.07, 6.45) is 2.14. The van der Waals surface area contributed by atoms with Crippen molar-refractivity contribution in [2.45, 2.75) is 31.4 Å². The van der Waals surface area contributed by atoms with Gasteiger partial charge in [-0.15, -0.1) is 0 Å². The molecule has 0 radical (unpaired) electrons. The highest BCUT2D eigenvalue weighted by Crippen LogP contribution is 2.18. The molecule has 0 aliphatic carbocycles. The van der Waals surface area contributed by atoms with E-state index in [1.54, 1.807) is 4.90 Å². The van der Waals surface area contributed by atoms with Gasteiger partial charge in [0.1, 0.15) is 6.10 Å². The fourth-order valence-electron chi connectivity index (χ4n) is 2.42. The van der Waals surface area contributed by atoms with Gasteiger partial charge in [-0.05, 0) is 25.8 Å². The van der Waals surface area contributed by atoms with Crippen molar-refractivity contribution in [3.8, 4) is 0 Å². The van der Waals surface area contributed by atoms with Gasteiger partial charge in [-0.1, -0.05) is 0 Å². The smallest absolute Gasteiger partial charge is 0.252 e. The van der Waals surface area contributed by atoms with Crippen LogP contribution in [0.3, 0.4) is 0 Å². The van der Waals surface area contributed by atoms with E-state index in [9.17, 15) is 9.59 Å². The predicted octanol–water partition coefficient (Wildman–Crippen LogP) is -1.16. The summed E-state index contributed by atoms with van der Waals surface area (Å²) in [5.74, 6) is -0.557. The minimum Gasteiger partial charge on any atom is -0.368 e. The van der Waals surface area contributed by atoms with E-state index >= 15 is 0 Å². The molecule has 6 nitrogen and oxygen atoms in total. The maximum atomic E-state index is 12.2. The van der Waals surface area contributed by atoms with Gasteiger partial charge >= 0.3 is 0 Å². The molecule has 2 aliphatic rings. The zero-order chi connectivity index (χ0) is 12.3. The van der Waals surface area contributed by atoms with Gasteiger partial charge in [0.15, 0.2) is 0 Å². The van der Waals surface area contributed by atoms with Crippen molar-refractivity contribution in [3.63, 3.8) is 0 Å². The van der Waals surface area contributed by atoms with Crippen molar-refractivity contribution >= 4 is 11.8 Å². The lowest BCUT2D eigenvalue weighted by atomic mass is 10.1. The molecule has 17 heavy (non-hydrogen) atoms. The molecule has 2 atom stereocenters. The number of primary amides is 1. The number of hydrogen-bond donors (Lipinski definition) is 2. The van der Waals surface area contributed by atoms with Crippen LogP contribution < -0.4 is 11.1 Å². The van der Waals surface area contributed by atoms with Crippen molar-refractivity contribution in [1.82, 2.24) is 10.2 Å². The Morgan fingerprint density at radius 3 is 2.76 bits per heavy atom. The molecule has 2 amide bonds. The number of carbonyl (C=O) groups excluding carboxylic acids is 2. The second-order valence-corrected chi connectivity index (χ2v) is 4.58. The zero-order valence-electron chi connectivity index (χ0n) is 9.85. The van der Waals surface area contributed by atoms with Crippen LogP contribution in [-0.4, -0.2) is 55.1 Å². The number of rotatable bonds is 4. The molecule has 3 N–H and O–H groups in total. The van der Waals surface area contributed by atoms with Crippen LogP contribution in [0, 0.1) is 0 Å². The van der Waals surface area contributed by atoms with E-state index in [0.717, 1.165) is 32.4 Å². The van der Waals surface area contributed by atoms with Crippen LogP contribution in [0.1, 0.15) is 19.3 Å². The van der Waals surface area contributed by atoms with Crippen LogP contribution in [0.2, 0.25) is 0 Å². The summed E-state index contributed by atoms with van der Waals surface area (Å²) >= 11 is 0. The van der Waals surface area contributed by atoms with Gasteiger partial charge in [0.25, 0.3) is 5.91 Å². The fraction of sp³-hybridized carbons (Fsp3) is 0.818. The summed E-state index contributed by atoms with van der Waals surface area (Å²) in [6, 6.07) is 0.0687. The van der Waals surface area contributed by atoms with Crippen molar-refractivity contribution in [1.29, 1.82) is 0 Å². The maximum Gasteiger partial charge on any atom is 0.252 e. The summed E-state index contributed by atoms with van der Waals surface area (Å²) in [5, 5.41) is 3.18. The van der Waals surface area contributed by atoms with Gasteiger partial charge in [0, 0.05) is 19.2 Å². The predicted molar refractivity (Wildman–Crippen MR) is 61.2 cm³/mol. The Morgan fingerprint density at radius 2 is 2.24 bits per heavy atom. The third-order valence-corrected chi connectivity index (χ3v) is 3.29. The second kappa shape index (κ2) is 5.46. The van der Waals surface area contributed by atoms with Crippen LogP contribution >= 0.6 is 0 Å². The third kappa shape index (κ3) is 2.95. The van der Waals surface area contributed by atoms with Gasteiger partial charge in [-0.25, -0.2) is 0 Å². The quantitative estimate of drug-likeness (QED) is 0.650. The van der Waals surface area contributed by atoms with E-state index in [1.165, 1.54) is 0 Å². The summed E-state index contributed by atoms with van der Waals surface area (Å²) in [7, 11) is 0. The van der Waals surface area contributed by atoms with Gasteiger partial charge < -0.3 is 20.7 Å². The van der Waals surface area contributed by atoms with E-state index in [1.807, 2.05) is 0 Å². The summed E-state index contributed by atoms with van der Waals surface area (Å²) in [5.41, 5.74) is 5.20. The molecule has 0 spiro atoms. The molecule has 2 unspecified atom stereocenters. The lowest BCUT2D eigenvalue weighted by Crippen LogP contribution is -2.49. The Morgan fingerprint density at radius 1 is 1.41 bits per heavy atom. The lowest BCUT2D eigenvalue weighted by Gasteiger charge is -2.29. The summed E-state index contributed by atoms with van der Waals surface area (Å²) < 4.78 is 5.37. The lowest BCUT2D eigenvalue weighted by molar-refractivity contribution is -0.145. The molecule has 0 saturated carbocycles. The number of nitrogens with two attached hydrogens (primary N) is 1. The van der Waals surface area contributed by atoms with Crippen LogP contribution in [-0.2, 0) is 14.3 Å². The van der Waals surface area contributed by atoms with Gasteiger partial charge in [-0.3, -0.25) is 9.59 Å². The topological polar surface area (TPSA) is 84.7 Å². The van der Waals surface area contributed by atoms with E-state index in [0.29, 0.717) is 6.61 Å². The Bertz CT molecular complexity index is 296. The molecule has 0 aromatic carbocycles. The van der Waals surface area contributed by atoms with Gasteiger partial charge in [0.05, 0.1) is 6.54 Å². The summed E-state index contributed by atoms with van der Waals surface area (Å²) in [4.78, 5) is 24.9. The number of hydrogen-bond acceptors (Lipinski definition) is 4. The molecule has 2 heterocycles. The van der Waals surface area contributed by atoms with E-state index < -0.39 is 5.91 Å². The standard InChI is InChI=1S/C11H19N3O3/c12-10(15)7-14(8-3-4-13-6-8)11(16)9-2-1-5-17-9/h8-9,13H,1-7H2,(H2,12,15). The van der Waals surface area contributed by atoms with Crippen molar-refractivity contribution in [3.05, 3.63) is 0 Å². The maximum absolute atomic E-state index is 12.2. The largest absolute Gasteiger partial charge is 0.368 e. The van der Waals surface area contributed by atoms with Crippen LogP contribution in [0.5, 0.6) is 0 Å². The van der Waals surface area contributed by atoms with Crippen LogP contribution in [0.4, 0.5) is 0 Å². The molecule has 0 bridgehead atoms. The first kappa shape index (κ1) is 12.3. The first-order chi connectivity index (χ1) is 8.18. The Hall–Kier alpha value is -1.14. The SMILES string of the molecule is NC(=O)CN(C(=O)C1CCCO1)C1CCNC1. The first-order valence-electron chi connectivity index (χ1n) is 6.09. The molecule has 0 aromatic rings. The molecule has 96 valence electrons. The van der Waals surface area contributed by atoms with Crippen molar-refractivity contribution in [2.75, 3.05) is 26.2 Å². The molecule has 6 heteroatoms. The molecule has 2 fully saturated rings. The monoisotopic (exact) mass is 241 g/mol. The second-order valence-electron chi connectivity index (χ2n) is 4.58. The third-order valence-electron chi connectivity index (χ3n) is 3.29. The van der Waals surface area contributed by atoms with Gasteiger partial charge in [0.2, 0.25) is 5.91 Å². The molecule has 2 rings (SSSR count). The van der Waals surface area contributed by atoms with Crippen LogP contribution in [0.15, 0.2) is 0 Å². The van der Waals surface area contributed by atoms with E-state index in [4.69, 9.17) is 10.5 Å². The molecule has 2 aliphatic heterocycles. The van der Waals surface area contributed by atoms with Gasteiger partial charge in [-0.2, -0.15) is 0 Å². The minimum absolute atomic E-state index is 0.00889. The Balaban J connectivity index is 2.02. The number of carbonyl (C=O) groups is 2. The number of nitrogens with one attached hydrogen (secondary N) is 1. The van der Waals surface area contributed by atoms with E-state index in [-0.39, 0.29) is 24.6 Å². The zero-order valence-corrected chi connectivity index (χ0v) is 9.85. The Kier molecular flexibility index (Phi) is 3.96. The van der Waals surface area contributed by atoms with E-state index in [2.05, 4.69) is 5.32 Å². The first-order valence-corrected chi connectivity index (χ1v) is 6.09. The van der Waals surface area contributed by atoms with Crippen molar-refractivity contribution in [2.24, 2.45) is 5.73 Å².